The first-order valence-corrected chi connectivity index (χ1v) is 9.58. The predicted octanol–water partition coefficient (Wildman–Crippen LogP) is 1.97. The van der Waals surface area contributed by atoms with Gasteiger partial charge in [-0.2, -0.15) is 5.26 Å². The van der Waals surface area contributed by atoms with E-state index in [4.69, 9.17) is 14.7 Å². The summed E-state index contributed by atoms with van der Waals surface area (Å²) in [5.41, 5.74) is 1.47. The molecule has 2 amide bonds. The van der Waals surface area contributed by atoms with Crippen LogP contribution < -0.4 is 14.8 Å². The molecule has 0 unspecified atom stereocenters. The summed E-state index contributed by atoms with van der Waals surface area (Å²) in [6.07, 6.45) is 0. The van der Waals surface area contributed by atoms with Crippen LogP contribution in [0.4, 0.5) is 5.69 Å². The number of nitrogens with one attached hydrogen (secondary N) is 1. The molecule has 0 atom stereocenters. The molecule has 0 spiro atoms. The molecule has 1 saturated heterocycles. The monoisotopic (exact) mass is 408 g/mol. The van der Waals surface area contributed by atoms with Gasteiger partial charge in [-0.1, -0.05) is 12.1 Å². The van der Waals surface area contributed by atoms with Gasteiger partial charge in [0.2, 0.25) is 5.91 Å². The first-order chi connectivity index (χ1) is 14.5. The van der Waals surface area contributed by atoms with E-state index in [-0.39, 0.29) is 18.4 Å². The van der Waals surface area contributed by atoms with Gasteiger partial charge >= 0.3 is 0 Å². The van der Waals surface area contributed by atoms with E-state index in [1.807, 2.05) is 4.90 Å². The van der Waals surface area contributed by atoms with Gasteiger partial charge in [0.25, 0.3) is 5.91 Å². The first-order valence-electron chi connectivity index (χ1n) is 9.58. The van der Waals surface area contributed by atoms with Gasteiger partial charge in [0.1, 0.15) is 6.07 Å². The average Bonchev–Trinajstić information content (AvgIpc) is 2.79. The average molecular weight is 408 g/mol. The van der Waals surface area contributed by atoms with Gasteiger partial charge in [-0.15, -0.1) is 0 Å². The predicted molar refractivity (Wildman–Crippen MR) is 112 cm³/mol. The number of nitriles is 1. The molecular formula is C22H24N4O4. The second kappa shape index (κ2) is 9.76. The molecule has 1 aliphatic heterocycles. The van der Waals surface area contributed by atoms with Crippen molar-refractivity contribution >= 4 is 17.5 Å². The number of piperazine rings is 1. The zero-order valence-corrected chi connectivity index (χ0v) is 17.1. The Hall–Kier alpha value is -3.57. The van der Waals surface area contributed by atoms with Gasteiger partial charge in [0, 0.05) is 31.7 Å². The maximum atomic E-state index is 12.8. The Balaban J connectivity index is 1.54. The van der Waals surface area contributed by atoms with Crippen LogP contribution in [0, 0.1) is 11.3 Å². The van der Waals surface area contributed by atoms with Crippen LogP contribution in [-0.2, 0) is 4.79 Å². The Morgan fingerprint density at radius 2 is 1.73 bits per heavy atom. The number of ether oxygens (including phenoxy) is 2. The molecule has 0 bridgehead atoms. The number of carbonyl (C=O) groups is 2. The molecule has 2 aromatic rings. The summed E-state index contributed by atoms with van der Waals surface area (Å²) in [6.45, 7) is 2.43. The van der Waals surface area contributed by atoms with Crippen molar-refractivity contribution in [3.05, 3.63) is 53.6 Å². The molecule has 1 heterocycles. The Labute approximate surface area is 175 Å². The van der Waals surface area contributed by atoms with Crippen LogP contribution in [0.15, 0.2) is 42.5 Å². The molecular weight excluding hydrogens is 384 g/mol. The van der Waals surface area contributed by atoms with E-state index in [9.17, 15) is 9.59 Å². The fourth-order valence-corrected chi connectivity index (χ4v) is 3.34. The molecule has 1 aliphatic rings. The fraction of sp³-hybridized carbons (Fsp3) is 0.318. The minimum absolute atomic E-state index is 0.0806. The van der Waals surface area contributed by atoms with Gasteiger partial charge < -0.3 is 19.7 Å². The number of carbonyl (C=O) groups excluding carboxylic acids is 2. The number of methoxy groups -OCH3 is 2. The lowest BCUT2D eigenvalue weighted by Crippen LogP contribution is -2.50. The second-order valence-electron chi connectivity index (χ2n) is 6.84. The Morgan fingerprint density at radius 3 is 2.40 bits per heavy atom. The Bertz CT molecular complexity index is 962. The number of rotatable bonds is 6. The summed E-state index contributed by atoms with van der Waals surface area (Å²) >= 11 is 0. The van der Waals surface area contributed by atoms with Crippen molar-refractivity contribution in [2.75, 3.05) is 52.3 Å². The van der Waals surface area contributed by atoms with Crippen LogP contribution in [0.2, 0.25) is 0 Å². The maximum absolute atomic E-state index is 12.8. The van der Waals surface area contributed by atoms with Crippen molar-refractivity contribution in [1.82, 2.24) is 9.80 Å². The molecule has 1 fully saturated rings. The van der Waals surface area contributed by atoms with Gasteiger partial charge in [-0.25, -0.2) is 0 Å². The van der Waals surface area contributed by atoms with Gasteiger partial charge in [0.05, 0.1) is 32.0 Å². The number of benzene rings is 2. The number of hydrogen-bond acceptors (Lipinski definition) is 6. The number of nitrogens with zero attached hydrogens (tertiary/aromatic N) is 3. The molecule has 0 radical (unpaired) electrons. The molecule has 0 saturated carbocycles. The van der Waals surface area contributed by atoms with Crippen LogP contribution in [0.5, 0.6) is 11.5 Å². The van der Waals surface area contributed by atoms with E-state index in [1.165, 1.54) is 7.11 Å². The molecule has 8 nitrogen and oxygen atoms in total. The highest BCUT2D eigenvalue weighted by Crippen LogP contribution is 2.28. The largest absolute Gasteiger partial charge is 0.493 e. The highest BCUT2D eigenvalue weighted by Gasteiger charge is 2.24. The number of para-hydroxylation sites is 1. The molecule has 30 heavy (non-hydrogen) atoms. The topological polar surface area (TPSA) is 94.9 Å². The zero-order valence-electron chi connectivity index (χ0n) is 17.1. The lowest BCUT2D eigenvalue weighted by atomic mass is 10.1. The summed E-state index contributed by atoms with van der Waals surface area (Å²) in [5.74, 6) is 0.819. The minimum atomic E-state index is -0.183. The van der Waals surface area contributed by atoms with E-state index in [0.717, 1.165) is 0 Å². The zero-order chi connectivity index (χ0) is 21.5. The van der Waals surface area contributed by atoms with Crippen LogP contribution in [0.1, 0.15) is 15.9 Å². The number of amides is 2. The fourth-order valence-electron chi connectivity index (χ4n) is 3.34. The van der Waals surface area contributed by atoms with Crippen LogP contribution in [-0.4, -0.2) is 68.6 Å². The summed E-state index contributed by atoms with van der Waals surface area (Å²) in [5, 5.41) is 11.9. The summed E-state index contributed by atoms with van der Waals surface area (Å²) in [7, 11) is 3.08. The van der Waals surface area contributed by atoms with Crippen LogP contribution >= 0.6 is 0 Å². The van der Waals surface area contributed by atoms with Crippen molar-refractivity contribution in [2.45, 2.75) is 0 Å². The number of anilines is 1. The second-order valence-corrected chi connectivity index (χ2v) is 6.84. The molecule has 1 N–H and O–H groups in total. The molecule has 0 aromatic heterocycles. The maximum Gasteiger partial charge on any atom is 0.254 e. The Morgan fingerprint density at radius 1 is 1.03 bits per heavy atom. The van der Waals surface area contributed by atoms with Gasteiger partial charge in [-0.05, 0) is 30.3 Å². The summed E-state index contributed by atoms with van der Waals surface area (Å²) in [4.78, 5) is 28.9. The first kappa shape index (κ1) is 21.1. The van der Waals surface area contributed by atoms with Crippen molar-refractivity contribution < 1.29 is 19.1 Å². The van der Waals surface area contributed by atoms with Gasteiger partial charge in [0.15, 0.2) is 11.5 Å². The SMILES string of the molecule is COc1ccc(C(=O)N2CCN(CC(=O)Nc3ccccc3C#N)CC2)cc1OC. The molecule has 8 heteroatoms. The summed E-state index contributed by atoms with van der Waals surface area (Å²) < 4.78 is 10.5. The van der Waals surface area contributed by atoms with E-state index in [1.54, 1.807) is 54.5 Å². The third-order valence-corrected chi connectivity index (χ3v) is 4.98. The van der Waals surface area contributed by atoms with E-state index < -0.39 is 0 Å². The van der Waals surface area contributed by atoms with Crippen molar-refractivity contribution in [1.29, 1.82) is 5.26 Å². The van der Waals surface area contributed by atoms with Gasteiger partial charge in [-0.3, -0.25) is 14.5 Å². The van der Waals surface area contributed by atoms with Crippen molar-refractivity contribution in [3.63, 3.8) is 0 Å². The summed E-state index contributed by atoms with van der Waals surface area (Å²) in [6, 6.07) is 14.1. The quantitative estimate of drug-likeness (QED) is 0.785. The molecule has 2 aromatic carbocycles. The highest BCUT2D eigenvalue weighted by molar-refractivity contribution is 5.95. The lowest BCUT2D eigenvalue weighted by molar-refractivity contribution is -0.117. The molecule has 0 aliphatic carbocycles. The van der Waals surface area contributed by atoms with Crippen molar-refractivity contribution in [3.8, 4) is 17.6 Å². The normalized spacial score (nSPS) is 14.0. The smallest absolute Gasteiger partial charge is 0.254 e. The highest BCUT2D eigenvalue weighted by atomic mass is 16.5. The minimum Gasteiger partial charge on any atom is -0.493 e. The third kappa shape index (κ3) is 4.88. The number of hydrogen-bond donors (Lipinski definition) is 1. The van der Waals surface area contributed by atoms with Crippen molar-refractivity contribution in [2.24, 2.45) is 0 Å². The van der Waals surface area contributed by atoms with Crippen LogP contribution in [0.3, 0.4) is 0 Å². The molecule has 156 valence electrons. The molecule has 3 rings (SSSR count). The Kier molecular flexibility index (Phi) is 6.88. The van der Waals surface area contributed by atoms with E-state index >= 15 is 0 Å². The van der Waals surface area contributed by atoms with E-state index in [0.29, 0.717) is 54.5 Å². The lowest BCUT2D eigenvalue weighted by Gasteiger charge is -2.34. The third-order valence-electron chi connectivity index (χ3n) is 4.98. The van der Waals surface area contributed by atoms with E-state index in [2.05, 4.69) is 11.4 Å². The van der Waals surface area contributed by atoms with Crippen LogP contribution in [0.25, 0.3) is 0 Å². The standard InChI is InChI=1S/C22H24N4O4/c1-29-19-8-7-16(13-20(19)30-2)22(28)26-11-9-25(10-12-26)15-21(27)24-18-6-4-3-5-17(18)14-23/h3-8,13H,9-12,15H2,1-2H3,(H,24,27).